The molecule has 0 spiro atoms. The van der Waals surface area contributed by atoms with Gasteiger partial charge in [0.25, 0.3) is 0 Å². The summed E-state index contributed by atoms with van der Waals surface area (Å²) in [5.74, 6) is 0. The van der Waals surface area contributed by atoms with Crippen LogP contribution in [0.4, 0.5) is 0 Å². The molecule has 0 aromatic carbocycles. The van der Waals surface area contributed by atoms with E-state index in [0.717, 1.165) is 0 Å². The van der Waals surface area contributed by atoms with Gasteiger partial charge in [0, 0.05) is 4.75 Å². The standard InChI is InChI=1S/C14H30S/c1-5-7-9-11-13-14(3,15-4)12-10-8-6-2/h5-13H2,1-4H3. The summed E-state index contributed by atoms with van der Waals surface area (Å²) < 4.78 is 0.558. The van der Waals surface area contributed by atoms with Crippen LogP contribution in [0.2, 0.25) is 0 Å². The van der Waals surface area contributed by atoms with Crippen molar-refractivity contribution < 1.29 is 0 Å². The summed E-state index contributed by atoms with van der Waals surface area (Å²) in [6.07, 6.45) is 14.9. The third-order valence-corrected chi connectivity index (χ3v) is 4.75. The van der Waals surface area contributed by atoms with Crippen molar-refractivity contribution >= 4 is 11.8 Å². The van der Waals surface area contributed by atoms with Gasteiger partial charge in [0.15, 0.2) is 0 Å². The summed E-state index contributed by atoms with van der Waals surface area (Å²) in [5.41, 5.74) is 0. The Morgan fingerprint density at radius 1 is 0.800 bits per heavy atom. The number of rotatable bonds is 10. The van der Waals surface area contributed by atoms with Crippen LogP contribution in [0.15, 0.2) is 0 Å². The van der Waals surface area contributed by atoms with E-state index in [1.54, 1.807) is 0 Å². The van der Waals surface area contributed by atoms with Crippen molar-refractivity contribution in [1.29, 1.82) is 0 Å². The van der Waals surface area contributed by atoms with Crippen molar-refractivity contribution in [3.8, 4) is 0 Å². The summed E-state index contributed by atoms with van der Waals surface area (Å²) in [6, 6.07) is 0. The van der Waals surface area contributed by atoms with E-state index in [1.807, 2.05) is 0 Å². The van der Waals surface area contributed by atoms with Gasteiger partial charge in [-0.15, -0.1) is 0 Å². The van der Waals surface area contributed by atoms with Crippen molar-refractivity contribution in [3.05, 3.63) is 0 Å². The lowest BCUT2D eigenvalue weighted by molar-refractivity contribution is 0.478. The molecule has 0 aromatic heterocycles. The largest absolute Gasteiger partial charge is 0.159 e. The predicted molar refractivity (Wildman–Crippen MR) is 74.8 cm³/mol. The molecular formula is C14H30S. The molecule has 0 fully saturated rings. The van der Waals surface area contributed by atoms with Crippen molar-refractivity contribution in [2.24, 2.45) is 0 Å². The SMILES string of the molecule is CCCCCCC(C)(CCCCC)SC. The zero-order chi connectivity index (χ0) is 11.6. The highest BCUT2D eigenvalue weighted by atomic mass is 32.2. The maximum Gasteiger partial charge on any atom is 0.0129 e. The Morgan fingerprint density at radius 3 is 1.73 bits per heavy atom. The normalized spacial score (nSPS) is 15.2. The Hall–Kier alpha value is 0.350. The molecule has 0 rings (SSSR count). The molecule has 15 heavy (non-hydrogen) atoms. The Balaban J connectivity index is 3.65. The van der Waals surface area contributed by atoms with E-state index in [1.165, 1.54) is 57.8 Å². The van der Waals surface area contributed by atoms with Gasteiger partial charge in [-0.05, 0) is 19.1 Å². The van der Waals surface area contributed by atoms with E-state index in [2.05, 4.69) is 38.8 Å². The van der Waals surface area contributed by atoms with Crippen LogP contribution >= 0.6 is 11.8 Å². The summed E-state index contributed by atoms with van der Waals surface area (Å²) in [4.78, 5) is 0. The van der Waals surface area contributed by atoms with Crippen LogP contribution in [0.25, 0.3) is 0 Å². The summed E-state index contributed by atoms with van der Waals surface area (Å²) in [6.45, 7) is 7.03. The summed E-state index contributed by atoms with van der Waals surface area (Å²) in [5, 5.41) is 0. The van der Waals surface area contributed by atoms with Gasteiger partial charge in [-0.3, -0.25) is 0 Å². The van der Waals surface area contributed by atoms with E-state index >= 15 is 0 Å². The minimum atomic E-state index is 0.558. The Morgan fingerprint density at radius 2 is 1.27 bits per heavy atom. The monoisotopic (exact) mass is 230 g/mol. The van der Waals surface area contributed by atoms with Crippen LogP contribution < -0.4 is 0 Å². The lowest BCUT2D eigenvalue weighted by Gasteiger charge is -2.27. The molecular weight excluding hydrogens is 200 g/mol. The lowest BCUT2D eigenvalue weighted by Crippen LogP contribution is -2.19. The van der Waals surface area contributed by atoms with Crippen LogP contribution in [-0.2, 0) is 0 Å². The first-order valence-corrected chi connectivity index (χ1v) is 7.96. The van der Waals surface area contributed by atoms with Crippen molar-refractivity contribution in [3.63, 3.8) is 0 Å². The molecule has 0 aliphatic carbocycles. The Labute approximate surface area is 102 Å². The Bertz CT molecular complexity index is 133. The van der Waals surface area contributed by atoms with E-state index in [-0.39, 0.29) is 0 Å². The second-order valence-corrected chi connectivity index (χ2v) is 6.32. The highest BCUT2D eigenvalue weighted by Crippen LogP contribution is 2.34. The van der Waals surface area contributed by atoms with Crippen LogP contribution in [0, 0.1) is 0 Å². The van der Waals surface area contributed by atoms with Crippen LogP contribution in [0.3, 0.4) is 0 Å². The smallest absolute Gasteiger partial charge is 0.0129 e. The van der Waals surface area contributed by atoms with Crippen LogP contribution in [0.1, 0.15) is 78.6 Å². The number of hydrogen-bond donors (Lipinski definition) is 0. The van der Waals surface area contributed by atoms with Crippen molar-refractivity contribution in [1.82, 2.24) is 0 Å². The van der Waals surface area contributed by atoms with Gasteiger partial charge in [0.1, 0.15) is 0 Å². The van der Waals surface area contributed by atoms with Crippen molar-refractivity contribution in [2.45, 2.75) is 83.3 Å². The fourth-order valence-electron chi connectivity index (χ4n) is 2.00. The maximum atomic E-state index is 2.46. The van der Waals surface area contributed by atoms with Gasteiger partial charge < -0.3 is 0 Å². The molecule has 0 saturated carbocycles. The number of hydrogen-bond acceptors (Lipinski definition) is 1. The second kappa shape index (κ2) is 9.57. The average molecular weight is 230 g/mol. The first kappa shape index (κ1) is 15.3. The average Bonchev–Trinajstić information content (AvgIpc) is 2.25. The first-order chi connectivity index (χ1) is 7.18. The third-order valence-electron chi connectivity index (χ3n) is 3.36. The molecule has 0 aliphatic rings. The minimum absolute atomic E-state index is 0.558. The zero-order valence-electron chi connectivity index (χ0n) is 11.3. The first-order valence-electron chi connectivity index (χ1n) is 6.73. The second-order valence-electron chi connectivity index (χ2n) is 4.92. The highest BCUT2D eigenvalue weighted by Gasteiger charge is 2.21. The fraction of sp³-hybridized carbons (Fsp3) is 1.00. The highest BCUT2D eigenvalue weighted by molar-refractivity contribution is 7.99. The van der Waals surface area contributed by atoms with E-state index in [4.69, 9.17) is 0 Å². The molecule has 92 valence electrons. The summed E-state index contributed by atoms with van der Waals surface area (Å²) in [7, 11) is 0. The van der Waals surface area contributed by atoms with Crippen LogP contribution in [-0.4, -0.2) is 11.0 Å². The molecule has 0 aromatic rings. The van der Waals surface area contributed by atoms with Gasteiger partial charge in [-0.1, -0.05) is 65.7 Å². The van der Waals surface area contributed by atoms with E-state index in [0.29, 0.717) is 4.75 Å². The van der Waals surface area contributed by atoms with Gasteiger partial charge in [0.05, 0.1) is 0 Å². The molecule has 0 nitrogen and oxygen atoms in total. The zero-order valence-corrected chi connectivity index (χ0v) is 12.1. The lowest BCUT2D eigenvalue weighted by atomic mass is 9.95. The molecule has 0 radical (unpaired) electrons. The maximum absolute atomic E-state index is 2.46. The molecule has 1 heteroatoms. The topological polar surface area (TPSA) is 0 Å². The molecule has 0 bridgehead atoms. The predicted octanol–water partition coefficient (Wildman–Crippen LogP) is 5.66. The van der Waals surface area contributed by atoms with E-state index < -0.39 is 0 Å². The third kappa shape index (κ3) is 8.19. The quantitative estimate of drug-likeness (QED) is 0.436. The van der Waals surface area contributed by atoms with E-state index in [9.17, 15) is 0 Å². The molecule has 0 heterocycles. The molecule has 1 atom stereocenters. The summed E-state index contributed by atoms with van der Waals surface area (Å²) >= 11 is 2.08. The molecule has 0 aliphatic heterocycles. The molecule has 0 N–H and O–H groups in total. The van der Waals surface area contributed by atoms with Crippen molar-refractivity contribution in [2.75, 3.05) is 6.26 Å². The molecule has 0 amide bonds. The number of unbranched alkanes of at least 4 members (excludes halogenated alkanes) is 5. The Kier molecular flexibility index (Phi) is 9.79. The van der Waals surface area contributed by atoms with Gasteiger partial charge >= 0.3 is 0 Å². The van der Waals surface area contributed by atoms with Gasteiger partial charge in [-0.25, -0.2) is 0 Å². The van der Waals surface area contributed by atoms with Gasteiger partial charge in [0.2, 0.25) is 0 Å². The fourth-order valence-corrected chi connectivity index (χ4v) is 2.70. The number of thioether (sulfide) groups is 1. The van der Waals surface area contributed by atoms with Gasteiger partial charge in [-0.2, -0.15) is 11.8 Å². The molecule has 1 unspecified atom stereocenters. The molecule has 0 saturated heterocycles. The minimum Gasteiger partial charge on any atom is -0.159 e. The van der Waals surface area contributed by atoms with Crippen LogP contribution in [0.5, 0.6) is 0 Å².